The number of benzene rings is 1. The molecule has 0 heterocycles. The molecule has 2 fully saturated rings. The maximum absolute atomic E-state index is 10.7. The van der Waals surface area contributed by atoms with Gasteiger partial charge in [-0.1, -0.05) is 42.0 Å². The number of carboxylic acid groups (broad SMARTS) is 1. The van der Waals surface area contributed by atoms with Gasteiger partial charge in [-0.15, -0.1) is 0 Å². The van der Waals surface area contributed by atoms with Crippen LogP contribution in [0.2, 0.25) is 0 Å². The molecule has 1 aromatic carbocycles. The lowest BCUT2D eigenvalue weighted by molar-refractivity contribution is 0.183. The largest absolute Gasteiger partial charge is 0.465 e. The fourth-order valence-electron chi connectivity index (χ4n) is 3.68. The van der Waals surface area contributed by atoms with E-state index in [1.165, 1.54) is 17.6 Å². The van der Waals surface area contributed by atoms with Gasteiger partial charge >= 0.3 is 6.09 Å². The lowest BCUT2D eigenvalue weighted by Gasteiger charge is -2.29. The van der Waals surface area contributed by atoms with E-state index in [-0.39, 0.29) is 6.04 Å². The first-order valence-electron chi connectivity index (χ1n) is 8.60. The van der Waals surface area contributed by atoms with Crippen LogP contribution in [0.5, 0.6) is 0 Å². The first-order chi connectivity index (χ1) is 11.1. The van der Waals surface area contributed by atoms with Gasteiger partial charge in [0.05, 0.1) is 0 Å². The lowest BCUT2D eigenvalue weighted by atomic mass is 9.91. The summed E-state index contributed by atoms with van der Waals surface area (Å²) in [5.41, 5.74) is 2.73. The zero-order valence-electron chi connectivity index (χ0n) is 13.7. The molecule has 2 aliphatic carbocycles. The van der Waals surface area contributed by atoms with E-state index in [1.807, 2.05) is 6.07 Å². The quantitative estimate of drug-likeness (QED) is 0.777. The molecule has 3 N–H and O–H groups in total. The second kappa shape index (κ2) is 7.18. The fraction of sp³-hybridized carbons (Fsp3) is 0.526. The van der Waals surface area contributed by atoms with Crippen molar-refractivity contribution in [3.05, 3.63) is 41.5 Å². The molecule has 4 heteroatoms. The molecule has 0 bridgehead atoms. The van der Waals surface area contributed by atoms with Crippen LogP contribution in [-0.4, -0.2) is 29.3 Å². The second-order valence-electron chi connectivity index (χ2n) is 6.91. The van der Waals surface area contributed by atoms with Crippen LogP contribution in [0.15, 0.2) is 35.9 Å². The summed E-state index contributed by atoms with van der Waals surface area (Å²) in [6, 6.07) is 11.8. The van der Waals surface area contributed by atoms with Gasteiger partial charge in [0.25, 0.3) is 0 Å². The molecule has 0 radical (unpaired) electrons. The molecule has 23 heavy (non-hydrogen) atoms. The molecule has 124 valence electrons. The van der Waals surface area contributed by atoms with Crippen molar-refractivity contribution in [2.24, 2.45) is 5.92 Å². The summed E-state index contributed by atoms with van der Waals surface area (Å²) < 4.78 is 0. The number of rotatable bonds is 5. The Morgan fingerprint density at radius 3 is 2.43 bits per heavy atom. The summed E-state index contributed by atoms with van der Waals surface area (Å²) in [6.45, 7) is 2.23. The minimum absolute atomic E-state index is 0.139. The van der Waals surface area contributed by atoms with E-state index in [0.29, 0.717) is 18.0 Å². The molecule has 1 aromatic rings. The van der Waals surface area contributed by atoms with Gasteiger partial charge in [0.2, 0.25) is 0 Å². The van der Waals surface area contributed by atoms with Crippen molar-refractivity contribution in [1.29, 1.82) is 0 Å². The maximum Gasteiger partial charge on any atom is 0.404 e. The fourth-order valence-corrected chi connectivity index (χ4v) is 3.68. The Labute approximate surface area is 138 Å². The number of hydrogen-bond acceptors (Lipinski definition) is 2. The molecule has 2 atom stereocenters. The van der Waals surface area contributed by atoms with Gasteiger partial charge in [0.15, 0.2) is 0 Å². The van der Waals surface area contributed by atoms with Gasteiger partial charge in [0, 0.05) is 18.1 Å². The van der Waals surface area contributed by atoms with Crippen LogP contribution in [0.3, 0.4) is 0 Å². The van der Waals surface area contributed by atoms with Gasteiger partial charge in [-0.2, -0.15) is 0 Å². The molecule has 4 nitrogen and oxygen atoms in total. The summed E-state index contributed by atoms with van der Waals surface area (Å²) in [7, 11) is 0. The number of amides is 1. The topological polar surface area (TPSA) is 61.4 Å². The molecular weight excluding hydrogens is 288 g/mol. The monoisotopic (exact) mass is 314 g/mol. The molecular formula is C19H26N2O2. The Hall–Kier alpha value is -1.81. The van der Waals surface area contributed by atoms with Gasteiger partial charge in [-0.3, -0.25) is 0 Å². The highest BCUT2D eigenvalue weighted by atomic mass is 16.4. The number of nitrogens with one attached hydrogen (secondary N) is 2. The van der Waals surface area contributed by atoms with Crippen molar-refractivity contribution in [3.63, 3.8) is 0 Å². The Bertz CT molecular complexity index is 562. The molecule has 0 unspecified atom stereocenters. The number of carbonyl (C=O) groups is 1. The third kappa shape index (κ3) is 4.58. The molecule has 3 rings (SSSR count). The van der Waals surface area contributed by atoms with Crippen molar-refractivity contribution in [1.82, 2.24) is 10.6 Å². The molecule has 0 aliphatic heterocycles. The maximum atomic E-state index is 10.7. The van der Waals surface area contributed by atoms with Crippen LogP contribution >= 0.6 is 0 Å². The summed E-state index contributed by atoms with van der Waals surface area (Å²) in [4.78, 5) is 10.7. The van der Waals surface area contributed by atoms with Crippen LogP contribution in [0.1, 0.15) is 44.6 Å². The van der Waals surface area contributed by atoms with E-state index >= 15 is 0 Å². The molecule has 2 saturated carbocycles. The van der Waals surface area contributed by atoms with E-state index < -0.39 is 6.09 Å². The van der Waals surface area contributed by atoms with E-state index in [1.54, 1.807) is 0 Å². The Kier molecular flexibility index (Phi) is 5.01. The predicted octanol–water partition coefficient (Wildman–Crippen LogP) is 3.65. The van der Waals surface area contributed by atoms with Crippen LogP contribution in [0.25, 0.3) is 6.08 Å². The van der Waals surface area contributed by atoms with Gasteiger partial charge in [0.1, 0.15) is 0 Å². The molecule has 1 amide bonds. The van der Waals surface area contributed by atoms with Gasteiger partial charge < -0.3 is 15.7 Å². The van der Waals surface area contributed by atoms with Crippen molar-refractivity contribution in [2.75, 3.05) is 0 Å². The zero-order valence-corrected chi connectivity index (χ0v) is 13.7. The smallest absolute Gasteiger partial charge is 0.404 e. The first kappa shape index (κ1) is 16.1. The average molecular weight is 314 g/mol. The van der Waals surface area contributed by atoms with Crippen molar-refractivity contribution < 1.29 is 9.90 Å². The highest BCUT2D eigenvalue weighted by molar-refractivity contribution is 5.64. The summed E-state index contributed by atoms with van der Waals surface area (Å²) in [6.07, 6.45) is 6.64. The third-order valence-corrected chi connectivity index (χ3v) is 5.07. The molecule has 0 aromatic heterocycles. The molecule has 2 aliphatic rings. The standard InChI is InChI=1S/C19H26N2O2/c1-13(11-14-5-3-2-4-6-14)17-12-18(17)20-15-7-9-16(10-8-15)21-19(22)23/h2-6,11,15-18,20-21H,7-10,12H2,1H3,(H,22,23)/t15?,16?,17-,18+/m0/s1. The third-order valence-electron chi connectivity index (χ3n) is 5.07. The Balaban J connectivity index is 1.43. The Morgan fingerprint density at radius 1 is 1.13 bits per heavy atom. The van der Waals surface area contributed by atoms with Crippen molar-refractivity contribution in [2.45, 2.75) is 57.2 Å². The minimum Gasteiger partial charge on any atom is -0.465 e. The lowest BCUT2D eigenvalue weighted by Crippen LogP contribution is -2.42. The predicted molar refractivity (Wildman–Crippen MR) is 92.3 cm³/mol. The van der Waals surface area contributed by atoms with E-state index in [4.69, 9.17) is 5.11 Å². The van der Waals surface area contributed by atoms with Crippen molar-refractivity contribution in [3.8, 4) is 0 Å². The van der Waals surface area contributed by atoms with E-state index in [0.717, 1.165) is 25.7 Å². The molecule has 0 spiro atoms. The average Bonchev–Trinajstić information content (AvgIpc) is 3.29. The first-order valence-corrected chi connectivity index (χ1v) is 8.60. The highest BCUT2D eigenvalue weighted by Crippen LogP contribution is 2.39. The van der Waals surface area contributed by atoms with Gasteiger partial charge in [-0.25, -0.2) is 4.79 Å². The summed E-state index contributed by atoms with van der Waals surface area (Å²) >= 11 is 0. The summed E-state index contributed by atoms with van der Waals surface area (Å²) in [5.74, 6) is 0.657. The van der Waals surface area contributed by atoms with E-state index in [9.17, 15) is 4.79 Å². The van der Waals surface area contributed by atoms with Crippen LogP contribution in [0, 0.1) is 5.92 Å². The van der Waals surface area contributed by atoms with Crippen LogP contribution < -0.4 is 10.6 Å². The summed E-state index contributed by atoms with van der Waals surface area (Å²) in [5, 5.41) is 15.1. The number of hydrogen-bond donors (Lipinski definition) is 3. The van der Waals surface area contributed by atoms with Crippen molar-refractivity contribution >= 4 is 12.2 Å². The SMILES string of the molecule is CC(=Cc1ccccc1)[C@@H]1C[C@H]1NC1CCC(NC(=O)O)CC1. The second-order valence-corrected chi connectivity index (χ2v) is 6.91. The Morgan fingerprint density at radius 2 is 1.78 bits per heavy atom. The van der Waals surface area contributed by atoms with E-state index in [2.05, 4.69) is 47.9 Å². The normalized spacial score (nSPS) is 30.7. The van der Waals surface area contributed by atoms with Gasteiger partial charge in [-0.05, 0) is 50.5 Å². The zero-order chi connectivity index (χ0) is 16.2. The molecule has 0 saturated heterocycles. The van der Waals surface area contributed by atoms with Crippen LogP contribution in [-0.2, 0) is 0 Å². The van der Waals surface area contributed by atoms with Crippen LogP contribution in [0.4, 0.5) is 4.79 Å². The minimum atomic E-state index is -0.898. The highest BCUT2D eigenvalue weighted by Gasteiger charge is 2.39.